The van der Waals surface area contributed by atoms with Crippen LogP contribution in [0.15, 0.2) is 24.3 Å². The van der Waals surface area contributed by atoms with Gasteiger partial charge in [-0.3, -0.25) is 19.2 Å². The van der Waals surface area contributed by atoms with Gasteiger partial charge in [0.1, 0.15) is 23.9 Å². The van der Waals surface area contributed by atoms with Gasteiger partial charge in [-0.05, 0) is 24.6 Å². The van der Waals surface area contributed by atoms with Gasteiger partial charge >= 0.3 is 11.9 Å². The summed E-state index contributed by atoms with van der Waals surface area (Å²) in [5.74, 6) is -5.84. The Bertz CT molecular complexity index is 895. The molecule has 188 valence electrons. The van der Waals surface area contributed by atoms with Crippen LogP contribution in [0.25, 0.3) is 0 Å². The third-order valence-electron chi connectivity index (χ3n) is 4.60. The summed E-state index contributed by atoms with van der Waals surface area (Å²) in [5, 5.41) is 44.1. The highest BCUT2D eigenvalue weighted by Gasteiger charge is 2.32. The molecule has 0 bridgehead atoms. The first-order valence-corrected chi connectivity index (χ1v) is 10.7. The summed E-state index contributed by atoms with van der Waals surface area (Å²) in [6, 6.07) is -0.120. The minimum atomic E-state index is -1.59. The van der Waals surface area contributed by atoms with Gasteiger partial charge in [0.2, 0.25) is 17.7 Å². The quantitative estimate of drug-likeness (QED) is 0.130. The number of phenolic OH excluding ortho intramolecular Hbond substituents is 1. The molecule has 0 heterocycles. The number of carboxylic acids is 2. The van der Waals surface area contributed by atoms with Gasteiger partial charge < -0.3 is 42.1 Å². The predicted molar refractivity (Wildman–Crippen MR) is 121 cm³/mol. The van der Waals surface area contributed by atoms with E-state index in [4.69, 9.17) is 15.9 Å². The van der Waals surface area contributed by atoms with Crippen molar-refractivity contribution in [3.63, 3.8) is 0 Å². The first-order valence-electron chi connectivity index (χ1n) is 10.0. The Morgan fingerprint density at radius 2 is 1.50 bits per heavy atom. The first-order chi connectivity index (χ1) is 15.8. The molecule has 0 fully saturated rings. The third kappa shape index (κ3) is 9.25. The average molecular weight is 501 g/mol. The number of phenols is 1. The lowest BCUT2D eigenvalue weighted by Gasteiger charge is -2.26. The summed E-state index contributed by atoms with van der Waals surface area (Å²) in [5.41, 5.74) is 5.97. The number of rotatable bonds is 13. The predicted octanol–water partition coefficient (Wildman–Crippen LogP) is -2.41. The van der Waals surface area contributed by atoms with Crippen LogP contribution in [0.1, 0.15) is 18.9 Å². The van der Waals surface area contributed by atoms with Crippen LogP contribution in [-0.4, -0.2) is 86.1 Å². The van der Waals surface area contributed by atoms with Gasteiger partial charge in [0.05, 0.1) is 18.6 Å². The second kappa shape index (κ2) is 13.4. The Morgan fingerprint density at radius 1 is 0.941 bits per heavy atom. The van der Waals surface area contributed by atoms with E-state index in [1.54, 1.807) is 0 Å². The molecule has 13 nitrogen and oxygen atoms in total. The van der Waals surface area contributed by atoms with Gasteiger partial charge in [-0.1, -0.05) is 12.1 Å². The number of carbonyl (C=O) groups is 5. The van der Waals surface area contributed by atoms with Crippen molar-refractivity contribution in [3.05, 3.63) is 29.8 Å². The smallest absolute Gasteiger partial charge is 0.327 e. The maximum absolute atomic E-state index is 12.8. The molecule has 0 aliphatic carbocycles. The molecule has 5 atom stereocenters. The number of carboxylic acid groups (broad SMARTS) is 2. The molecule has 0 spiro atoms. The van der Waals surface area contributed by atoms with Gasteiger partial charge in [-0.25, -0.2) is 4.79 Å². The fourth-order valence-electron chi connectivity index (χ4n) is 2.74. The van der Waals surface area contributed by atoms with E-state index in [0.29, 0.717) is 5.56 Å². The third-order valence-corrected chi connectivity index (χ3v) is 4.97. The molecule has 1 aromatic rings. The topological polar surface area (TPSA) is 228 Å². The number of aliphatic hydroxyl groups is 1. The Hall–Kier alpha value is -3.36. The number of thiol groups is 1. The fourth-order valence-corrected chi connectivity index (χ4v) is 2.99. The zero-order valence-electron chi connectivity index (χ0n) is 18.2. The number of aliphatic carboxylic acids is 2. The zero-order chi connectivity index (χ0) is 26.0. The number of hydrogen-bond acceptors (Lipinski definition) is 9. The van der Waals surface area contributed by atoms with E-state index in [-0.39, 0.29) is 17.9 Å². The Kier molecular flexibility index (Phi) is 11.3. The molecular weight excluding hydrogens is 472 g/mol. The number of hydrogen-bond donors (Lipinski definition) is 9. The second-order valence-electron chi connectivity index (χ2n) is 7.44. The highest BCUT2D eigenvalue weighted by Crippen LogP contribution is 2.12. The largest absolute Gasteiger partial charge is 0.508 e. The molecule has 1 aromatic carbocycles. The summed E-state index contributed by atoms with van der Waals surface area (Å²) in [4.78, 5) is 59.7. The van der Waals surface area contributed by atoms with Crippen LogP contribution in [0.4, 0.5) is 0 Å². The maximum Gasteiger partial charge on any atom is 0.327 e. The average Bonchev–Trinajstić information content (AvgIpc) is 2.75. The van der Waals surface area contributed by atoms with Gasteiger partial charge in [0.15, 0.2) is 0 Å². The van der Waals surface area contributed by atoms with E-state index in [0.717, 1.165) is 0 Å². The molecule has 9 N–H and O–H groups in total. The minimum Gasteiger partial charge on any atom is -0.508 e. The molecule has 0 aliphatic rings. The molecular formula is C20H28N4O9S. The van der Waals surface area contributed by atoms with Crippen molar-refractivity contribution >= 4 is 42.3 Å². The van der Waals surface area contributed by atoms with Crippen molar-refractivity contribution in [2.24, 2.45) is 5.73 Å². The van der Waals surface area contributed by atoms with Gasteiger partial charge in [-0.15, -0.1) is 0 Å². The van der Waals surface area contributed by atoms with Crippen LogP contribution >= 0.6 is 12.6 Å². The molecule has 0 aromatic heterocycles. The van der Waals surface area contributed by atoms with E-state index in [1.807, 2.05) is 0 Å². The second-order valence-corrected chi connectivity index (χ2v) is 7.81. The Balaban J connectivity index is 3.08. The SMILES string of the molecule is CC(O)C(NC(=O)C(N)CC(=O)O)C(=O)NC(Cc1ccc(O)cc1)C(=O)NC(CS)C(=O)O. The molecule has 34 heavy (non-hydrogen) atoms. The van der Waals surface area contributed by atoms with Crippen LogP contribution in [0.2, 0.25) is 0 Å². The van der Waals surface area contributed by atoms with Crippen molar-refractivity contribution in [2.75, 3.05) is 5.75 Å². The monoisotopic (exact) mass is 500 g/mol. The van der Waals surface area contributed by atoms with Crippen molar-refractivity contribution in [1.82, 2.24) is 16.0 Å². The lowest BCUT2D eigenvalue weighted by atomic mass is 10.0. The van der Waals surface area contributed by atoms with E-state index in [2.05, 4.69) is 28.6 Å². The van der Waals surface area contributed by atoms with E-state index < -0.39 is 66.4 Å². The number of carbonyl (C=O) groups excluding carboxylic acids is 3. The van der Waals surface area contributed by atoms with E-state index in [1.165, 1.54) is 31.2 Å². The summed E-state index contributed by atoms with van der Waals surface area (Å²) in [7, 11) is 0. The molecule has 3 amide bonds. The lowest BCUT2D eigenvalue weighted by Crippen LogP contribution is -2.60. The standard InChI is InChI=1S/C20H28N4O9S/c1-9(25)16(24-17(29)12(21)7-15(27)28)19(31)22-13(6-10-2-4-11(26)5-3-10)18(30)23-14(8-34)20(32)33/h2-5,9,12-14,16,25-26,34H,6-8,21H2,1H3,(H,22,31)(H,23,30)(H,24,29)(H,27,28)(H,32,33). The number of benzene rings is 1. The molecule has 5 unspecified atom stereocenters. The first kappa shape index (κ1) is 28.7. The maximum atomic E-state index is 12.8. The molecule has 0 aliphatic heterocycles. The summed E-state index contributed by atoms with van der Waals surface area (Å²) in [6.45, 7) is 1.18. The number of nitrogens with two attached hydrogens (primary N) is 1. The van der Waals surface area contributed by atoms with Crippen molar-refractivity contribution < 1.29 is 44.4 Å². The van der Waals surface area contributed by atoms with Gasteiger partial charge in [0.25, 0.3) is 0 Å². The fraction of sp³-hybridized carbons (Fsp3) is 0.450. The van der Waals surface area contributed by atoms with Crippen LogP contribution in [-0.2, 0) is 30.4 Å². The minimum absolute atomic E-state index is 0.0376. The molecule has 0 saturated heterocycles. The van der Waals surface area contributed by atoms with Crippen LogP contribution in [0, 0.1) is 0 Å². The normalized spacial score (nSPS) is 15.2. The Morgan fingerprint density at radius 3 is 1.97 bits per heavy atom. The molecule has 14 heteroatoms. The van der Waals surface area contributed by atoms with E-state index in [9.17, 15) is 34.2 Å². The molecule has 0 radical (unpaired) electrons. The van der Waals surface area contributed by atoms with Crippen molar-refractivity contribution in [1.29, 1.82) is 0 Å². The van der Waals surface area contributed by atoms with Gasteiger partial charge in [-0.2, -0.15) is 12.6 Å². The van der Waals surface area contributed by atoms with Gasteiger partial charge in [0, 0.05) is 12.2 Å². The number of nitrogens with one attached hydrogen (secondary N) is 3. The summed E-state index contributed by atoms with van der Waals surface area (Å²) in [6.07, 6.45) is -2.30. The Labute approximate surface area is 200 Å². The van der Waals surface area contributed by atoms with Crippen LogP contribution < -0.4 is 21.7 Å². The van der Waals surface area contributed by atoms with Crippen molar-refractivity contribution in [2.45, 2.75) is 50.0 Å². The van der Waals surface area contributed by atoms with E-state index >= 15 is 0 Å². The molecule has 1 rings (SSSR count). The summed E-state index contributed by atoms with van der Waals surface area (Å²) < 4.78 is 0. The summed E-state index contributed by atoms with van der Waals surface area (Å²) >= 11 is 3.87. The lowest BCUT2D eigenvalue weighted by molar-refractivity contribution is -0.141. The number of aliphatic hydroxyl groups excluding tert-OH is 1. The number of aromatic hydroxyl groups is 1. The highest BCUT2D eigenvalue weighted by atomic mass is 32.1. The van der Waals surface area contributed by atoms with Crippen LogP contribution in [0.5, 0.6) is 5.75 Å². The highest BCUT2D eigenvalue weighted by molar-refractivity contribution is 7.80. The van der Waals surface area contributed by atoms with Crippen LogP contribution in [0.3, 0.4) is 0 Å². The zero-order valence-corrected chi connectivity index (χ0v) is 19.1. The number of amides is 3. The molecule has 0 saturated carbocycles. The van der Waals surface area contributed by atoms with Crippen molar-refractivity contribution in [3.8, 4) is 5.75 Å².